The average Bonchev–Trinajstić information content (AvgIpc) is 2.64. The summed E-state index contributed by atoms with van der Waals surface area (Å²) in [5.41, 5.74) is 1.48. The molecule has 70 valence electrons. The number of benzene rings is 1. The van der Waals surface area contributed by atoms with E-state index >= 15 is 0 Å². The van der Waals surface area contributed by atoms with E-state index in [-0.39, 0.29) is 0 Å². The molecule has 0 saturated heterocycles. The Morgan fingerprint density at radius 2 is 1.85 bits per heavy atom. The number of aryl methyl sites for hydroxylation is 1. The molecule has 0 radical (unpaired) electrons. The van der Waals surface area contributed by atoms with Crippen molar-refractivity contribution in [2.75, 3.05) is 0 Å². The molecule has 0 aliphatic heterocycles. The zero-order chi connectivity index (χ0) is 9.68. The van der Waals surface area contributed by atoms with E-state index in [2.05, 4.69) is 36.6 Å². The van der Waals surface area contributed by atoms with Gasteiger partial charge in [-0.25, -0.2) is 0 Å². The first-order valence-corrected chi connectivity index (χ1v) is 5.75. The second-order valence-corrected chi connectivity index (χ2v) is 3.52. The summed E-state index contributed by atoms with van der Waals surface area (Å²) in [5.74, 6) is 0. The normalized spacial score (nSPS) is 9.46. The minimum Gasteiger partial charge on any atom is -0.144 e. The monoisotopic (exact) mass is 192 g/mol. The quantitative estimate of drug-likeness (QED) is 0.624. The minimum atomic E-state index is 1.14. The van der Waals surface area contributed by atoms with Crippen LogP contribution in [-0.4, -0.2) is 0 Å². The van der Waals surface area contributed by atoms with Crippen molar-refractivity contribution in [1.82, 2.24) is 0 Å². The maximum Gasteiger partial charge on any atom is 0.0345 e. The van der Waals surface area contributed by atoms with E-state index in [4.69, 9.17) is 0 Å². The lowest BCUT2D eigenvalue weighted by Gasteiger charge is -1.90. The molecule has 0 saturated carbocycles. The van der Waals surface area contributed by atoms with Crippen molar-refractivity contribution in [2.24, 2.45) is 0 Å². The molecule has 0 spiro atoms. The molecule has 0 atom stereocenters. The Labute approximate surface area is 84.2 Å². The first kappa shape index (κ1) is 10.3. The molecule has 0 nitrogen and oxygen atoms in total. The maximum atomic E-state index is 2.25. The van der Waals surface area contributed by atoms with Crippen molar-refractivity contribution in [3.8, 4) is 0 Å². The zero-order valence-corrected chi connectivity index (χ0v) is 9.32. The van der Waals surface area contributed by atoms with Crippen LogP contribution in [0.1, 0.15) is 26.3 Å². The first-order chi connectivity index (χ1) is 6.42. The van der Waals surface area contributed by atoms with Crippen LogP contribution < -0.4 is 0 Å². The molecule has 1 heterocycles. The van der Waals surface area contributed by atoms with Crippen molar-refractivity contribution < 1.29 is 0 Å². The lowest BCUT2D eigenvalue weighted by molar-refractivity contribution is 1.17. The Morgan fingerprint density at radius 1 is 1.15 bits per heavy atom. The van der Waals surface area contributed by atoms with Gasteiger partial charge in [0, 0.05) is 4.70 Å². The van der Waals surface area contributed by atoms with E-state index in [1.165, 1.54) is 15.6 Å². The fourth-order valence-corrected chi connectivity index (χ4v) is 2.35. The van der Waals surface area contributed by atoms with Gasteiger partial charge in [0.25, 0.3) is 0 Å². The highest BCUT2D eigenvalue weighted by Gasteiger charge is 1.98. The van der Waals surface area contributed by atoms with Crippen LogP contribution >= 0.6 is 11.3 Å². The zero-order valence-electron chi connectivity index (χ0n) is 8.50. The Hall–Kier alpha value is -0.820. The molecule has 13 heavy (non-hydrogen) atoms. The van der Waals surface area contributed by atoms with Gasteiger partial charge in [0.05, 0.1) is 0 Å². The summed E-state index contributed by atoms with van der Waals surface area (Å²) >= 11 is 1.84. The second kappa shape index (κ2) is 5.03. The van der Waals surface area contributed by atoms with Crippen molar-refractivity contribution in [2.45, 2.75) is 27.2 Å². The van der Waals surface area contributed by atoms with Crippen LogP contribution in [0.15, 0.2) is 29.6 Å². The summed E-state index contributed by atoms with van der Waals surface area (Å²) in [6, 6.07) is 8.58. The summed E-state index contributed by atoms with van der Waals surface area (Å²) in [4.78, 5) is 0. The van der Waals surface area contributed by atoms with Crippen LogP contribution in [0, 0.1) is 0 Å². The molecule has 1 aromatic carbocycles. The van der Waals surface area contributed by atoms with E-state index in [9.17, 15) is 0 Å². The number of fused-ring (bicyclic) bond motifs is 1. The fraction of sp³-hybridized carbons (Fsp3) is 0.333. The number of hydrogen-bond acceptors (Lipinski definition) is 1. The summed E-state index contributed by atoms with van der Waals surface area (Å²) in [5, 5.41) is 3.69. The Bertz CT molecular complexity index is 360. The molecule has 1 heteroatoms. The topological polar surface area (TPSA) is 0 Å². The van der Waals surface area contributed by atoms with Crippen LogP contribution in [0.3, 0.4) is 0 Å². The Kier molecular flexibility index (Phi) is 3.97. The van der Waals surface area contributed by atoms with Gasteiger partial charge in [0.1, 0.15) is 0 Å². The van der Waals surface area contributed by atoms with Gasteiger partial charge in [-0.15, -0.1) is 11.3 Å². The predicted molar refractivity (Wildman–Crippen MR) is 62.6 cm³/mol. The molecular formula is C12H16S. The fourth-order valence-electron chi connectivity index (χ4n) is 1.31. The second-order valence-electron chi connectivity index (χ2n) is 2.61. The average molecular weight is 192 g/mol. The largest absolute Gasteiger partial charge is 0.144 e. The maximum absolute atomic E-state index is 2.25. The van der Waals surface area contributed by atoms with Crippen molar-refractivity contribution in [1.29, 1.82) is 0 Å². The molecule has 1 aromatic heterocycles. The van der Waals surface area contributed by atoms with Gasteiger partial charge < -0.3 is 0 Å². The van der Waals surface area contributed by atoms with Crippen molar-refractivity contribution in [3.05, 3.63) is 35.2 Å². The van der Waals surface area contributed by atoms with Gasteiger partial charge in [-0.3, -0.25) is 0 Å². The van der Waals surface area contributed by atoms with Gasteiger partial charge in [0.15, 0.2) is 0 Å². The Balaban J connectivity index is 0.000000396. The van der Waals surface area contributed by atoms with E-state index < -0.39 is 0 Å². The highest BCUT2D eigenvalue weighted by Crippen LogP contribution is 2.25. The molecule has 0 fully saturated rings. The van der Waals surface area contributed by atoms with E-state index in [1.807, 2.05) is 25.2 Å². The molecule has 2 aromatic rings. The molecular weight excluding hydrogens is 176 g/mol. The number of thiophene rings is 1. The van der Waals surface area contributed by atoms with Crippen molar-refractivity contribution >= 4 is 21.4 Å². The summed E-state index contributed by atoms with van der Waals surface area (Å²) < 4.78 is 1.41. The molecule has 0 bridgehead atoms. The Morgan fingerprint density at radius 3 is 2.54 bits per heavy atom. The number of hydrogen-bond donors (Lipinski definition) is 0. The smallest absolute Gasteiger partial charge is 0.0345 e. The van der Waals surface area contributed by atoms with Crippen LogP contribution in [0.5, 0.6) is 0 Å². The summed E-state index contributed by atoms with van der Waals surface area (Å²) in [6.07, 6.45) is 1.14. The van der Waals surface area contributed by atoms with E-state index in [0.717, 1.165) is 6.42 Å². The van der Waals surface area contributed by atoms with Gasteiger partial charge in [-0.05, 0) is 28.8 Å². The molecule has 0 unspecified atom stereocenters. The van der Waals surface area contributed by atoms with Crippen molar-refractivity contribution in [3.63, 3.8) is 0 Å². The van der Waals surface area contributed by atoms with E-state index in [1.54, 1.807) is 0 Å². The highest BCUT2D eigenvalue weighted by molar-refractivity contribution is 7.17. The third-order valence-corrected chi connectivity index (χ3v) is 2.95. The van der Waals surface area contributed by atoms with Crippen LogP contribution in [-0.2, 0) is 6.42 Å². The van der Waals surface area contributed by atoms with Gasteiger partial charge >= 0.3 is 0 Å². The summed E-state index contributed by atoms with van der Waals surface area (Å²) in [6.45, 7) is 6.20. The predicted octanol–water partition coefficient (Wildman–Crippen LogP) is 4.49. The lowest BCUT2D eigenvalue weighted by atomic mass is 10.1. The highest BCUT2D eigenvalue weighted by atomic mass is 32.1. The molecule has 2 rings (SSSR count). The molecule has 0 N–H and O–H groups in total. The van der Waals surface area contributed by atoms with Gasteiger partial charge in [-0.1, -0.05) is 39.0 Å². The molecule has 0 aliphatic carbocycles. The van der Waals surface area contributed by atoms with Crippen LogP contribution in [0.25, 0.3) is 10.1 Å². The van der Waals surface area contributed by atoms with Crippen LogP contribution in [0.2, 0.25) is 0 Å². The van der Waals surface area contributed by atoms with E-state index in [0.29, 0.717) is 0 Å². The third kappa shape index (κ3) is 2.10. The SMILES string of the molecule is CC.CCc1csc2ccccc12. The van der Waals surface area contributed by atoms with Crippen LogP contribution in [0.4, 0.5) is 0 Å². The molecule has 0 aliphatic rings. The number of rotatable bonds is 1. The first-order valence-electron chi connectivity index (χ1n) is 4.87. The third-order valence-electron chi connectivity index (χ3n) is 1.94. The summed E-state index contributed by atoms with van der Waals surface area (Å²) in [7, 11) is 0. The lowest BCUT2D eigenvalue weighted by Crippen LogP contribution is -1.72. The standard InChI is InChI=1S/C10H10S.C2H6/c1-2-8-7-11-10-6-4-3-5-9(8)10;1-2/h3-7H,2H2,1H3;1-2H3. The molecule has 0 amide bonds. The van der Waals surface area contributed by atoms with Gasteiger partial charge in [-0.2, -0.15) is 0 Å². The van der Waals surface area contributed by atoms with Gasteiger partial charge in [0.2, 0.25) is 0 Å². The minimum absolute atomic E-state index is 1.14.